The number of aryl methyl sites for hydroxylation is 2. The fourth-order valence-corrected chi connectivity index (χ4v) is 3.60. The Morgan fingerprint density at radius 3 is 2.61 bits per heavy atom. The number of carbonyl (C=O) groups excluding carboxylic acids is 1. The predicted molar refractivity (Wildman–Crippen MR) is 90.7 cm³/mol. The highest BCUT2D eigenvalue weighted by molar-refractivity contribution is 7.90. The molecule has 2 aromatic rings. The number of hydrogen-bond donors (Lipinski definition) is 0. The van der Waals surface area contributed by atoms with Crippen molar-refractivity contribution in [2.24, 2.45) is 0 Å². The fraction of sp³-hybridized carbons (Fsp3) is 0.278. The van der Waals surface area contributed by atoms with Crippen LogP contribution in [0.1, 0.15) is 27.9 Å². The summed E-state index contributed by atoms with van der Waals surface area (Å²) in [7, 11) is -3.34. The summed E-state index contributed by atoms with van der Waals surface area (Å²) >= 11 is 0. The van der Waals surface area contributed by atoms with Gasteiger partial charge in [-0.25, -0.2) is 8.42 Å². The zero-order valence-electron chi connectivity index (χ0n) is 13.2. The molecule has 1 amide bonds. The first-order valence-electron chi connectivity index (χ1n) is 7.58. The Hall–Kier alpha value is -2.14. The van der Waals surface area contributed by atoms with Gasteiger partial charge in [0.1, 0.15) is 0 Å². The lowest BCUT2D eigenvalue weighted by molar-refractivity contribution is 0.0984. The fourth-order valence-electron chi connectivity index (χ4n) is 2.95. The quantitative estimate of drug-likeness (QED) is 0.851. The van der Waals surface area contributed by atoms with E-state index in [-0.39, 0.29) is 10.8 Å². The van der Waals surface area contributed by atoms with Crippen LogP contribution in [0.2, 0.25) is 0 Å². The maximum absolute atomic E-state index is 13.0. The van der Waals surface area contributed by atoms with E-state index >= 15 is 0 Å². The molecule has 1 aliphatic heterocycles. The highest BCUT2D eigenvalue weighted by Crippen LogP contribution is 2.29. The highest BCUT2D eigenvalue weighted by Gasteiger charge is 2.25. The van der Waals surface area contributed by atoms with Crippen molar-refractivity contribution in [1.29, 1.82) is 0 Å². The average Bonchev–Trinajstić information content (AvgIpc) is 2.53. The number of anilines is 1. The first kappa shape index (κ1) is 15.7. The van der Waals surface area contributed by atoms with Gasteiger partial charge in [-0.1, -0.05) is 24.3 Å². The first-order chi connectivity index (χ1) is 10.9. The van der Waals surface area contributed by atoms with Crippen molar-refractivity contribution in [2.45, 2.75) is 24.7 Å². The Bertz CT molecular complexity index is 872. The van der Waals surface area contributed by atoms with Crippen LogP contribution in [0.5, 0.6) is 0 Å². The van der Waals surface area contributed by atoms with Crippen LogP contribution >= 0.6 is 0 Å². The first-order valence-corrected chi connectivity index (χ1v) is 9.47. The van der Waals surface area contributed by atoms with Gasteiger partial charge in [-0.2, -0.15) is 0 Å². The van der Waals surface area contributed by atoms with Crippen molar-refractivity contribution in [2.75, 3.05) is 17.7 Å². The molecule has 0 saturated heterocycles. The Balaban J connectivity index is 2.05. The second-order valence-electron chi connectivity index (χ2n) is 5.94. The van der Waals surface area contributed by atoms with E-state index in [1.54, 1.807) is 17.0 Å². The van der Waals surface area contributed by atoms with Gasteiger partial charge < -0.3 is 4.90 Å². The minimum atomic E-state index is -3.34. The monoisotopic (exact) mass is 329 g/mol. The molecule has 0 aliphatic carbocycles. The molecule has 0 atom stereocenters. The number of hydrogen-bond acceptors (Lipinski definition) is 3. The molecule has 0 radical (unpaired) electrons. The van der Waals surface area contributed by atoms with Crippen molar-refractivity contribution in [1.82, 2.24) is 0 Å². The third kappa shape index (κ3) is 3.01. The molecule has 1 heterocycles. The van der Waals surface area contributed by atoms with Crippen LogP contribution in [0.3, 0.4) is 0 Å². The number of para-hydroxylation sites is 1. The standard InChI is InChI=1S/C18H19NO3S/c1-13-9-10-15(23(2,21)22)12-16(13)18(20)19-11-5-7-14-6-3-4-8-17(14)19/h3-4,6,8-10,12H,5,7,11H2,1-2H3. The Labute approximate surface area is 136 Å². The zero-order chi connectivity index (χ0) is 16.6. The molecule has 0 fully saturated rings. The minimum Gasteiger partial charge on any atom is -0.308 e. The number of fused-ring (bicyclic) bond motifs is 1. The Morgan fingerprint density at radius 1 is 1.13 bits per heavy atom. The lowest BCUT2D eigenvalue weighted by atomic mass is 10.00. The minimum absolute atomic E-state index is 0.139. The van der Waals surface area contributed by atoms with Crippen LogP contribution in [0.4, 0.5) is 5.69 Å². The maximum Gasteiger partial charge on any atom is 0.258 e. The average molecular weight is 329 g/mol. The normalized spacial score (nSPS) is 14.4. The van der Waals surface area contributed by atoms with E-state index in [1.165, 1.54) is 6.07 Å². The molecule has 1 aliphatic rings. The van der Waals surface area contributed by atoms with E-state index < -0.39 is 9.84 Å². The van der Waals surface area contributed by atoms with Crippen LogP contribution in [-0.4, -0.2) is 27.1 Å². The number of benzene rings is 2. The molecule has 2 aromatic carbocycles. The molecule has 3 rings (SSSR count). The molecule has 0 saturated carbocycles. The summed E-state index contributed by atoms with van der Waals surface area (Å²) in [5, 5.41) is 0. The summed E-state index contributed by atoms with van der Waals surface area (Å²) in [5.74, 6) is -0.139. The second-order valence-corrected chi connectivity index (χ2v) is 7.95. The number of carbonyl (C=O) groups is 1. The van der Waals surface area contributed by atoms with Gasteiger partial charge >= 0.3 is 0 Å². The van der Waals surface area contributed by atoms with Gasteiger partial charge in [0, 0.05) is 24.1 Å². The maximum atomic E-state index is 13.0. The largest absolute Gasteiger partial charge is 0.308 e. The van der Waals surface area contributed by atoms with Gasteiger partial charge in [-0.3, -0.25) is 4.79 Å². The molecule has 0 unspecified atom stereocenters. The lowest BCUT2D eigenvalue weighted by Gasteiger charge is -2.30. The van der Waals surface area contributed by atoms with Crippen molar-refractivity contribution in [3.8, 4) is 0 Å². The van der Waals surface area contributed by atoms with Crippen LogP contribution in [-0.2, 0) is 16.3 Å². The molecular formula is C18H19NO3S. The molecule has 120 valence electrons. The van der Waals surface area contributed by atoms with Crippen LogP contribution in [0.25, 0.3) is 0 Å². The van der Waals surface area contributed by atoms with Gasteiger partial charge in [-0.15, -0.1) is 0 Å². The summed E-state index contributed by atoms with van der Waals surface area (Å²) < 4.78 is 23.5. The summed E-state index contributed by atoms with van der Waals surface area (Å²) in [6.45, 7) is 2.48. The van der Waals surface area contributed by atoms with Gasteiger partial charge in [0.15, 0.2) is 9.84 Å². The molecule has 0 aromatic heterocycles. The van der Waals surface area contributed by atoms with E-state index in [0.717, 1.165) is 35.9 Å². The van der Waals surface area contributed by atoms with E-state index in [2.05, 4.69) is 0 Å². The number of nitrogens with zero attached hydrogens (tertiary/aromatic N) is 1. The SMILES string of the molecule is Cc1ccc(S(C)(=O)=O)cc1C(=O)N1CCCc2ccccc21. The van der Waals surface area contributed by atoms with Gasteiger partial charge in [0.25, 0.3) is 5.91 Å². The van der Waals surface area contributed by atoms with Gasteiger partial charge in [0.2, 0.25) is 0 Å². The molecule has 4 nitrogen and oxygen atoms in total. The van der Waals surface area contributed by atoms with Crippen molar-refractivity contribution in [3.05, 3.63) is 59.2 Å². The molecule has 0 bridgehead atoms. The summed E-state index contributed by atoms with van der Waals surface area (Å²) in [4.78, 5) is 14.9. The van der Waals surface area contributed by atoms with Crippen molar-refractivity contribution in [3.63, 3.8) is 0 Å². The van der Waals surface area contributed by atoms with Crippen LogP contribution in [0, 0.1) is 6.92 Å². The molecule has 23 heavy (non-hydrogen) atoms. The molecule has 0 N–H and O–H groups in total. The number of amides is 1. The highest BCUT2D eigenvalue weighted by atomic mass is 32.2. The van der Waals surface area contributed by atoms with Crippen molar-refractivity contribution < 1.29 is 13.2 Å². The summed E-state index contributed by atoms with van der Waals surface area (Å²) in [5.41, 5.74) is 3.31. The Kier molecular flexibility index (Phi) is 3.98. The molecule has 5 heteroatoms. The van der Waals surface area contributed by atoms with Crippen molar-refractivity contribution >= 4 is 21.4 Å². The summed E-state index contributed by atoms with van der Waals surface area (Å²) in [6, 6.07) is 12.6. The van der Waals surface area contributed by atoms with Gasteiger partial charge in [-0.05, 0) is 49.1 Å². The van der Waals surface area contributed by atoms with E-state index in [0.29, 0.717) is 12.1 Å². The summed E-state index contributed by atoms with van der Waals surface area (Å²) in [6.07, 6.45) is 3.03. The topological polar surface area (TPSA) is 54.5 Å². The second kappa shape index (κ2) is 5.81. The Morgan fingerprint density at radius 2 is 1.87 bits per heavy atom. The smallest absolute Gasteiger partial charge is 0.258 e. The van der Waals surface area contributed by atoms with E-state index in [9.17, 15) is 13.2 Å². The predicted octanol–water partition coefficient (Wildman–Crippen LogP) is 2.99. The van der Waals surface area contributed by atoms with E-state index in [4.69, 9.17) is 0 Å². The molecular weight excluding hydrogens is 310 g/mol. The van der Waals surface area contributed by atoms with Crippen LogP contribution in [0.15, 0.2) is 47.4 Å². The number of rotatable bonds is 2. The zero-order valence-corrected chi connectivity index (χ0v) is 14.1. The van der Waals surface area contributed by atoms with Gasteiger partial charge in [0.05, 0.1) is 4.90 Å². The third-order valence-electron chi connectivity index (χ3n) is 4.22. The van der Waals surface area contributed by atoms with Crippen LogP contribution < -0.4 is 4.90 Å². The third-order valence-corrected chi connectivity index (χ3v) is 5.33. The van der Waals surface area contributed by atoms with E-state index in [1.807, 2.05) is 31.2 Å². The lowest BCUT2D eigenvalue weighted by Crippen LogP contribution is -2.35. The molecule has 0 spiro atoms. The number of sulfone groups is 1.